The zero-order chi connectivity index (χ0) is 21.0. The zero-order valence-electron chi connectivity index (χ0n) is 15.9. The molecule has 2 heterocycles. The third-order valence-corrected chi connectivity index (χ3v) is 5.11. The van der Waals surface area contributed by atoms with Crippen LogP contribution in [0.3, 0.4) is 0 Å². The molecule has 0 unspecified atom stereocenters. The lowest BCUT2D eigenvalue weighted by Crippen LogP contribution is -2.44. The number of anilines is 1. The summed E-state index contributed by atoms with van der Waals surface area (Å²) >= 11 is 6.10. The number of methoxy groups -OCH3 is 1. The molecule has 0 aliphatic carbocycles. The Morgan fingerprint density at radius 3 is 2.76 bits per heavy atom. The van der Waals surface area contributed by atoms with Gasteiger partial charge in [-0.05, 0) is 43.0 Å². The number of pyridine rings is 1. The Bertz CT molecular complexity index is 950. The SMILES string of the molecule is COc1cc([C@@H]2CCCCN2C(=O)C(=O)Nc2cncc(C(N)=O)c2)ccc1Cl. The maximum Gasteiger partial charge on any atom is 0.313 e. The maximum atomic E-state index is 12.9. The molecule has 152 valence electrons. The summed E-state index contributed by atoms with van der Waals surface area (Å²) in [5, 5.41) is 2.97. The van der Waals surface area contributed by atoms with Gasteiger partial charge in [0.25, 0.3) is 0 Å². The third-order valence-electron chi connectivity index (χ3n) is 4.80. The van der Waals surface area contributed by atoms with Gasteiger partial charge in [0.1, 0.15) is 5.75 Å². The minimum Gasteiger partial charge on any atom is -0.495 e. The van der Waals surface area contributed by atoms with Gasteiger partial charge >= 0.3 is 11.8 Å². The average Bonchev–Trinajstić information content (AvgIpc) is 2.73. The molecule has 0 bridgehead atoms. The highest BCUT2D eigenvalue weighted by molar-refractivity contribution is 6.39. The number of carbonyl (C=O) groups is 3. The number of nitrogens with two attached hydrogens (primary N) is 1. The number of hydrogen-bond donors (Lipinski definition) is 2. The fourth-order valence-electron chi connectivity index (χ4n) is 3.36. The first-order valence-corrected chi connectivity index (χ1v) is 9.48. The van der Waals surface area contributed by atoms with Crippen LogP contribution in [-0.2, 0) is 9.59 Å². The first kappa shape index (κ1) is 20.6. The van der Waals surface area contributed by atoms with Crippen molar-refractivity contribution in [2.45, 2.75) is 25.3 Å². The molecule has 3 N–H and O–H groups in total. The van der Waals surface area contributed by atoms with Crippen LogP contribution in [0.5, 0.6) is 5.75 Å². The molecule has 1 aromatic carbocycles. The molecule has 29 heavy (non-hydrogen) atoms. The molecule has 0 saturated carbocycles. The fourth-order valence-corrected chi connectivity index (χ4v) is 3.56. The van der Waals surface area contributed by atoms with Crippen molar-refractivity contribution < 1.29 is 19.1 Å². The molecule has 1 aliphatic rings. The van der Waals surface area contributed by atoms with E-state index in [1.54, 1.807) is 17.0 Å². The van der Waals surface area contributed by atoms with Crippen LogP contribution in [0.2, 0.25) is 5.02 Å². The number of nitrogens with one attached hydrogen (secondary N) is 1. The highest BCUT2D eigenvalue weighted by Gasteiger charge is 2.32. The molecule has 3 rings (SSSR count). The minimum absolute atomic E-state index is 0.138. The van der Waals surface area contributed by atoms with Crippen LogP contribution in [0, 0.1) is 0 Å². The monoisotopic (exact) mass is 416 g/mol. The molecule has 9 heteroatoms. The Morgan fingerprint density at radius 2 is 2.03 bits per heavy atom. The lowest BCUT2D eigenvalue weighted by Gasteiger charge is -2.35. The van der Waals surface area contributed by atoms with Gasteiger partial charge < -0.3 is 20.7 Å². The Balaban J connectivity index is 1.79. The Kier molecular flexibility index (Phi) is 6.33. The molecule has 1 atom stereocenters. The number of halogens is 1. The molecule has 2 aromatic rings. The molecular weight excluding hydrogens is 396 g/mol. The van der Waals surface area contributed by atoms with Crippen LogP contribution < -0.4 is 15.8 Å². The van der Waals surface area contributed by atoms with E-state index in [0.717, 1.165) is 24.8 Å². The summed E-state index contributed by atoms with van der Waals surface area (Å²) in [4.78, 5) is 42.1. The van der Waals surface area contributed by atoms with Gasteiger partial charge in [-0.2, -0.15) is 0 Å². The number of amides is 3. The summed E-state index contributed by atoms with van der Waals surface area (Å²) in [5.74, 6) is -1.62. The normalized spacial score (nSPS) is 16.2. The van der Waals surface area contributed by atoms with Crippen LogP contribution >= 0.6 is 11.6 Å². The molecular formula is C20H21ClN4O4. The van der Waals surface area contributed by atoms with Crippen LogP contribution in [0.1, 0.15) is 41.2 Å². The standard InChI is InChI=1S/C20H21ClN4O4/c1-29-17-9-12(5-6-15(17)21)16-4-2-3-7-25(16)20(28)19(27)24-14-8-13(18(22)26)10-23-11-14/h5-6,8-11,16H,2-4,7H2,1H3,(H2,22,26)(H,24,27)/t16-/m0/s1. The van der Waals surface area contributed by atoms with E-state index in [2.05, 4.69) is 10.3 Å². The van der Waals surface area contributed by atoms with Crippen molar-refractivity contribution >= 4 is 35.0 Å². The molecule has 3 amide bonds. The number of carbonyl (C=O) groups excluding carboxylic acids is 3. The fraction of sp³-hybridized carbons (Fsp3) is 0.300. The quantitative estimate of drug-likeness (QED) is 0.743. The second kappa shape index (κ2) is 8.91. The number of primary amides is 1. The summed E-state index contributed by atoms with van der Waals surface area (Å²) in [6, 6.07) is 6.45. The van der Waals surface area contributed by atoms with Crippen molar-refractivity contribution in [3.8, 4) is 5.75 Å². The number of benzene rings is 1. The van der Waals surface area contributed by atoms with E-state index in [4.69, 9.17) is 22.1 Å². The number of nitrogens with zero attached hydrogens (tertiary/aromatic N) is 2. The number of ether oxygens (including phenoxy) is 1. The highest BCUT2D eigenvalue weighted by atomic mass is 35.5. The maximum absolute atomic E-state index is 12.9. The van der Waals surface area contributed by atoms with Gasteiger partial charge in [-0.25, -0.2) is 0 Å². The number of likely N-dealkylation sites (tertiary alicyclic amines) is 1. The van der Waals surface area contributed by atoms with E-state index >= 15 is 0 Å². The molecule has 8 nitrogen and oxygen atoms in total. The third kappa shape index (κ3) is 4.65. The summed E-state index contributed by atoms with van der Waals surface area (Å²) in [6.07, 6.45) is 5.09. The van der Waals surface area contributed by atoms with E-state index in [1.807, 2.05) is 6.07 Å². The van der Waals surface area contributed by atoms with E-state index in [1.165, 1.54) is 25.6 Å². The van der Waals surface area contributed by atoms with Gasteiger partial charge in [0, 0.05) is 12.7 Å². The molecule has 1 aromatic heterocycles. The van der Waals surface area contributed by atoms with E-state index in [9.17, 15) is 14.4 Å². The Labute approximate surface area is 173 Å². The van der Waals surface area contributed by atoms with Crippen LogP contribution in [0.25, 0.3) is 0 Å². The van der Waals surface area contributed by atoms with Gasteiger partial charge in [0.2, 0.25) is 5.91 Å². The van der Waals surface area contributed by atoms with Crippen molar-refractivity contribution in [3.63, 3.8) is 0 Å². The largest absolute Gasteiger partial charge is 0.495 e. The number of rotatable bonds is 4. The first-order valence-electron chi connectivity index (χ1n) is 9.11. The summed E-state index contributed by atoms with van der Waals surface area (Å²) in [5.41, 5.74) is 6.43. The summed E-state index contributed by atoms with van der Waals surface area (Å²) < 4.78 is 5.27. The highest BCUT2D eigenvalue weighted by Crippen LogP contribution is 2.35. The van der Waals surface area contributed by atoms with E-state index < -0.39 is 17.7 Å². The predicted octanol–water partition coefficient (Wildman–Crippen LogP) is 2.53. The minimum atomic E-state index is -0.804. The second-order valence-corrected chi connectivity index (χ2v) is 7.09. The van der Waals surface area contributed by atoms with Gasteiger partial charge in [-0.15, -0.1) is 0 Å². The van der Waals surface area contributed by atoms with Crippen molar-refractivity contribution in [1.82, 2.24) is 9.88 Å². The molecule has 0 spiro atoms. The molecule has 0 radical (unpaired) electrons. The van der Waals surface area contributed by atoms with Crippen LogP contribution in [0.15, 0.2) is 36.7 Å². The van der Waals surface area contributed by atoms with Crippen molar-refractivity contribution in [2.75, 3.05) is 19.0 Å². The van der Waals surface area contributed by atoms with Crippen molar-refractivity contribution in [3.05, 3.63) is 52.8 Å². The lowest BCUT2D eigenvalue weighted by atomic mass is 9.95. The van der Waals surface area contributed by atoms with Crippen molar-refractivity contribution in [2.24, 2.45) is 5.73 Å². The smallest absolute Gasteiger partial charge is 0.313 e. The lowest BCUT2D eigenvalue weighted by molar-refractivity contribution is -0.145. The second-order valence-electron chi connectivity index (χ2n) is 6.68. The van der Waals surface area contributed by atoms with Crippen molar-refractivity contribution in [1.29, 1.82) is 0 Å². The van der Waals surface area contributed by atoms with E-state index in [-0.39, 0.29) is 17.3 Å². The van der Waals surface area contributed by atoms with Gasteiger partial charge in [0.05, 0.1) is 35.6 Å². The first-order chi connectivity index (χ1) is 13.9. The summed E-state index contributed by atoms with van der Waals surface area (Å²) in [7, 11) is 1.52. The topological polar surface area (TPSA) is 115 Å². The van der Waals surface area contributed by atoms with Gasteiger partial charge in [-0.3, -0.25) is 19.4 Å². The number of piperidine rings is 1. The predicted molar refractivity (Wildman–Crippen MR) is 108 cm³/mol. The molecule has 1 aliphatic heterocycles. The molecule has 1 fully saturated rings. The summed E-state index contributed by atoms with van der Waals surface area (Å²) in [6.45, 7) is 0.460. The number of hydrogen-bond acceptors (Lipinski definition) is 5. The molecule has 1 saturated heterocycles. The Hall–Kier alpha value is -3.13. The van der Waals surface area contributed by atoms with Crippen LogP contribution in [-0.4, -0.2) is 41.3 Å². The van der Waals surface area contributed by atoms with Crippen LogP contribution in [0.4, 0.5) is 5.69 Å². The van der Waals surface area contributed by atoms with Gasteiger partial charge in [-0.1, -0.05) is 17.7 Å². The van der Waals surface area contributed by atoms with Gasteiger partial charge in [0.15, 0.2) is 0 Å². The number of aromatic nitrogens is 1. The van der Waals surface area contributed by atoms with E-state index in [0.29, 0.717) is 17.3 Å². The average molecular weight is 417 g/mol. The Morgan fingerprint density at radius 1 is 1.24 bits per heavy atom. The zero-order valence-corrected chi connectivity index (χ0v) is 16.6.